The molecule has 0 saturated carbocycles. The second-order valence-electron chi connectivity index (χ2n) is 2.06. The van der Waals surface area contributed by atoms with Gasteiger partial charge in [-0.3, -0.25) is 0 Å². The molecule has 0 spiro atoms. The summed E-state index contributed by atoms with van der Waals surface area (Å²) in [5.41, 5.74) is 12.2. The summed E-state index contributed by atoms with van der Waals surface area (Å²) in [5.74, 6) is 0.661. The van der Waals surface area contributed by atoms with Gasteiger partial charge in [-0.25, -0.2) is 0 Å². The molecule has 13 heavy (non-hydrogen) atoms. The van der Waals surface area contributed by atoms with Gasteiger partial charge in [-0.05, 0) is 18.2 Å². The lowest BCUT2D eigenvalue weighted by atomic mass is 10.2. The zero-order valence-corrected chi connectivity index (χ0v) is 8.47. The maximum Gasteiger partial charge on any atom is 0.141 e. The van der Waals surface area contributed by atoms with Crippen LogP contribution in [0.5, 0.6) is 5.75 Å². The van der Waals surface area contributed by atoms with Crippen molar-refractivity contribution in [2.24, 2.45) is 0 Å². The molecule has 0 amide bonds. The Morgan fingerprint density at radius 1 is 1.23 bits per heavy atom. The van der Waals surface area contributed by atoms with Gasteiger partial charge in [-0.15, -0.1) is 0 Å². The molecule has 1 aromatic carbocycles. The van der Waals surface area contributed by atoms with Gasteiger partial charge in [0.05, 0.1) is 36.5 Å². The van der Waals surface area contributed by atoms with Gasteiger partial charge in [0, 0.05) is 5.69 Å². The highest BCUT2D eigenvalue weighted by Gasteiger charge is 1.96. The Morgan fingerprint density at radius 2 is 1.77 bits per heavy atom. The number of halogens is 2. The molecular formula is C7H10Cl2N2O2. The SMILES string of the molecule is COc1ccc(N)cc1N.ClOCl. The number of hydrogen-bond acceptors (Lipinski definition) is 4. The fourth-order valence-electron chi connectivity index (χ4n) is 0.753. The summed E-state index contributed by atoms with van der Waals surface area (Å²) in [5, 5.41) is 0. The molecule has 0 radical (unpaired) electrons. The molecule has 0 unspecified atom stereocenters. The van der Waals surface area contributed by atoms with E-state index in [1.165, 1.54) is 0 Å². The minimum atomic E-state index is 0.572. The second-order valence-corrected chi connectivity index (χ2v) is 2.53. The summed E-state index contributed by atoms with van der Waals surface area (Å²) in [7, 11) is 1.57. The number of nitrogens with two attached hydrogens (primary N) is 2. The van der Waals surface area contributed by atoms with E-state index in [4.69, 9.17) is 16.2 Å². The topological polar surface area (TPSA) is 70.5 Å². The first-order valence-corrected chi connectivity index (χ1v) is 3.85. The lowest BCUT2D eigenvalue weighted by Gasteiger charge is -2.03. The molecule has 4 N–H and O–H groups in total. The summed E-state index contributed by atoms with van der Waals surface area (Å²) < 4.78 is 8.11. The van der Waals surface area contributed by atoms with Crippen LogP contribution >= 0.6 is 23.7 Å². The van der Waals surface area contributed by atoms with E-state index in [1.54, 1.807) is 25.3 Å². The minimum absolute atomic E-state index is 0.572. The van der Waals surface area contributed by atoms with E-state index in [2.05, 4.69) is 27.6 Å². The van der Waals surface area contributed by atoms with Crippen molar-refractivity contribution in [3.63, 3.8) is 0 Å². The van der Waals surface area contributed by atoms with Crippen LogP contribution in [0, 0.1) is 0 Å². The van der Waals surface area contributed by atoms with Gasteiger partial charge in [0.2, 0.25) is 0 Å². The summed E-state index contributed by atoms with van der Waals surface area (Å²) in [6.07, 6.45) is 0. The molecule has 0 fully saturated rings. The molecule has 0 aliphatic heterocycles. The monoisotopic (exact) mass is 224 g/mol. The highest BCUT2D eigenvalue weighted by Crippen LogP contribution is 2.22. The van der Waals surface area contributed by atoms with Crippen molar-refractivity contribution in [2.75, 3.05) is 18.6 Å². The van der Waals surface area contributed by atoms with Gasteiger partial charge in [-0.1, -0.05) is 0 Å². The van der Waals surface area contributed by atoms with Crippen molar-refractivity contribution in [1.82, 2.24) is 0 Å². The summed E-state index contributed by atoms with van der Waals surface area (Å²) >= 11 is 8.53. The Kier molecular flexibility index (Phi) is 6.22. The molecule has 4 nitrogen and oxygen atoms in total. The molecule has 1 aromatic rings. The van der Waals surface area contributed by atoms with Gasteiger partial charge < -0.3 is 16.2 Å². The van der Waals surface area contributed by atoms with Crippen LogP contribution in [0.25, 0.3) is 0 Å². The maximum absolute atomic E-state index is 5.53. The number of methoxy groups -OCH3 is 1. The number of nitrogen functional groups attached to an aromatic ring is 2. The lowest BCUT2D eigenvalue weighted by molar-refractivity contribution is 0.417. The van der Waals surface area contributed by atoms with Crippen LogP contribution in [0.15, 0.2) is 18.2 Å². The van der Waals surface area contributed by atoms with Crippen LogP contribution in [-0.4, -0.2) is 7.11 Å². The Labute approximate surface area is 86.7 Å². The second kappa shape index (κ2) is 6.65. The van der Waals surface area contributed by atoms with E-state index in [-0.39, 0.29) is 0 Å². The van der Waals surface area contributed by atoms with Crippen LogP contribution in [-0.2, 0) is 3.84 Å². The van der Waals surface area contributed by atoms with Gasteiger partial charge in [0.25, 0.3) is 0 Å². The fourth-order valence-corrected chi connectivity index (χ4v) is 0.753. The third-order valence-electron chi connectivity index (χ3n) is 1.25. The van der Waals surface area contributed by atoms with Gasteiger partial charge >= 0.3 is 0 Å². The first-order valence-electron chi connectivity index (χ1n) is 3.24. The highest BCUT2D eigenvalue weighted by molar-refractivity contribution is 6.24. The van der Waals surface area contributed by atoms with E-state index in [9.17, 15) is 0 Å². The molecule has 0 heterocycles. The minimum Gasteiger partial charge on any atom is -0.495 e. The molecule has 1 rings (SSSR count). The quantitative estimate of drug-likeness (QED) is 0.718. The van der Waals surface area contributed by atoms with Crippen molar-refractivity contribution in [2.45, 2.75) is 0 Å². The molecule has 0 bridgehead atoms. The Morgan fingerprint density at radius 3 is 2.15 bits per heavy atom. The first kappa shape index (κ1) is 12.2. The molecule has 74 valence electrons. The summed E-state index contributed by atoms with van der Waals surface area (Å²) in [6, 6.07) is 5.15. The van der Waals surface area contributed by atoms with Gasteiger partial charge in [0.15, 0.2) is 0 Å². The number of rotatable bonds is 1. The Hall–Kier alpha value is -0.840. The standard InChI is InChI=1S/C7H10N2O.Cl2O/c1-10-7-3-2-5(8)4-6(7)9;1-3-2/h2-4H,8-9H2,1H3;. The van der Waals surface area contributed by atoms with Crippen molar-refractivity contribution in [3.05, 3.63) is 18.2 Å². The van der Waals surface area contributed by atoms with Crippen molar-refractivity contribution in [3.8, 4) is 5.75 Å². The van der Waals surface area contributed by atoms with Gasteiger partial charge in [0.1, 0.15) is 5.75 Å². The summed E-state index contributed by atoms with van der Waals surface area (Å²) in [4.78, 5) is 0. The smallest absolute Gasteiger partial charge is 0.141 e. The number of ether oxygens (including phenoxy) is 1. The average Bonchev–Trinajstić information content (AvgIpc) is 2.06. The van der Waals surface area contributed by atoms with E-state index in [1.807, 2.05) is 0 Å². The van der Waals surface area contributed by atoms with Crippen LogP contribution in [0.4, 0.5) is 11.4 Å². The molecule has 0 aliphatic carbocycles. The van der Waals surface area contributed by atoms with Crippen LogP contribution in [0.1, 0.15) is 0 Å². The third kappa shape index (κ3) is 4.67. The van der Waals surface area contributed by atoms with Crippen LogP contribution < -0.4 is 16.2 Å². The molecule has 0 aromatic heterocycles. The molecule has 0 aliphatic rings. The Balaban J connectivity index is 0.000000424. The van der Waals surface area contributed by atoms with E-state index in [0.29, 0.717) is 17.1 Å². The highest BCUT2D eigenvalue weighted by atomic mass is 35.6. The third-order valence-corrected chi connectivity index (χ3v) is 1.25. The lowest BCUT2D eigenvalue weighted by Crippen LogP contribution is -1.93. The van der Waals surface area contributed by atoms with Gasteiger partial charge in [-0.2, -0.15) is 3.84 Å². The van der Waals surface area contributed by atoms with E-state index < -0.39 is 0 Å². The average molecular weight is 225 g/mol. The van der Waals surface area contributed by atoms with Crippen LogP contribution in [0.3, 0.4) is 0 Å². The van der Waals surface area contributed by atoms with Crippen molar-refractivity contribution in [1.29, 1.82) is 0 Å². The molecule has 6 heteroatoms. The Bertz CT molecular complexity index is 258. The fraction of sp³-hybridized carbons (Fsp3) is 0.143. The van der Waals surface area contributed by atoms with Crippen molar-refractivity contribution < 1.29 is 8.58 Å². The zero-order valence-electron chi connectivity index (χ0n) is 6.96. The molecule has 0 saturated heterocycles. The predicted molar refractivity (Wildman–Crippen MR) is 54.6 cm³/mol. The number of anilines is 2. The van der Waals surface area contributed by atoms with Crippen LogP contribution in [0.2, 0.25) is 0 Å². The number of benzene rings is 1. The maximum atomic E-state index is 5.53. The first-order chi connectivity index (χ1) is 6.15. The summed E-state index contributed by atoms with van der Waals surface area (Å²) in [6.45, 7) is 0. The number of hydrogen-bond donors (Lipinski definition) is 2. The molecule has 0 atom stereocenters. The molecular weight excluding hydrogens is 215 g/mol. The normalized spacial score (nSPS) is 8.54. The zero-order chi connectivity index (χ0) is 10.3. The van der Waals surface area contributed by atoms with E-state index in [0.717, 1.165) is 0 Å². The van der Waals surface area contributed by atoms with Crippen molar-refractivity contribution >= 4 is 35.1 Å². The predicted octanol–water partition coefficient (Wildman–Crippen LogP) is 2.17. The van der Waals surface area contributed by atoms with E-state index >= 15 is 0 Å². The largest absolute Gasteiger partial charge is 0.495 e.